The zero-order valence-corrected chi connectivity index (χ0v) is 13.9. The molecule has 6 heteroatoms. The number of nitrogens with one attached hydrogen (secondary N) is 1. The average molecular weight is 328 g/mol. The number of aromatic nitrogens is 2. The number of amides is 2. The van der Waals surface area contributed by atoms with E-state index in [9.17, 15) is 9.90 Å². The standard InChI is InChI=1S/C18H24N4O2/c1-14(23)16-6-4-9-21(12-16)18(24)20-11-15-5-2-3-7-17(15)22-10-8-19-13-22/h2-3,5,7-8,10,13-14,16,23H,4,6,9,11-12H2,1H3,(H,20,24). The van der Waals surface area contributed by atoms with Gasteiger partial charge in [-0.05, 0) is 31.4 Å². The van der Waals surface area contributed by atoms with Gasteiger partial charge in [-0.3, -0.25) is 0 Å². The number of benzene rings is 1. The van der Waals surface area contributed by atoms with Crippen LogP contribution in [0.2, 0.25) is 0 Å². The third-order valence-electron chi connectivity index (χ3n) is 4.63. The first-order valence-electron chi connectivity index (χ1n) is 8.42. The van der Waals surface area contributed by atoms with Gasteiger partial charge >= 0.3 is 6.03 Å². The summed E-state index contributed by atoms with van der Waals surface area (Å²) in [5.41, 5.74) is 2.05. The highest BCUT2D eigenvalue weighted by Gasteiger charge is 2.26. The van der Waals surface area contributed by atoms with E-state index in [0.29, 0.717) is 13.1 Å². The minimum absolute atomic E-state index is 0.0687. The quantitative estimate of drug-likeness (QED) is 0.904. The highest BCUT2D eigenvalue weighted by molar-refractivity contribution is 5.74. The molecule has 1 aromatic carbocycles. The summed E-state index contributed by atoms with van der Waals surface area (Å²) in [7, 11) is 0. The van der Waals surface area contributed by atoms with Gasteiger partial charge in [0.2, 0.25) is 0 Å². The largest absolute Gasteiger partial charge is 0.393 e. The van der Waals surface area contributed by atoms with E-state index < -0.39 is 0 Å². The maximum atomic E-state index is 12.5. The van der Waals surface area contributed by atoms with Gasteiger partial charge in [0, 0.05) is 37.9 Å². The Morgan fingerprint density at radius 2 is 2.29 bits per heavy atom. The van der Waals surface area contributed by atoms with Gasteiger partial charge in [-0.15, -0.1) is 0 Å². The predicted octanol–water partition coefficient (Wildman–Crippen LogP) is 2.17. The van der Waals surface area contributed by atoms with Gasteiger partial charge in [-0.25, -0.2) is 9.78 Å². The van der Waals surface area contributed by atoms with Gasteiger partial charge in [0.05, 0.1) is 18.1 Å². The lowest BCUT2D eigenvalue weighted by molar-refractivity contribution is 0.0738. The molecule has 0 bridgehead atoms. The summed E-state index contributed by atoms with van der Waals surface area (Å²) < 4.78 is 1.94. The van der Waals surface area contributed by atoms with E-state index in [1.165, 1.54) is 0 Å². The number of aliphatic hydroxyl groups excluding tert-OH is 1. The van der Waals surface area contributed by atoms with Crippen LogP contribution in [0, 0.1) is 5.92 Å². The van der Waals surface area contributed by atoms with Crippen molar-refractivity contribution in [1.29, 1.82) is 0 Å². The Hall–Kier alpha value is -2.34. The number of piperidine rings is 1. The summed E-state index contributed by atoms with van der Waals surface area (Å²) in [5, 5.41) is 12.8. The fourth-order valence-corrected chi connectivity index (χ4v) is 3.18. The number of rotatable bonds is 4. The molecule has 1 fully saturated rings. The lowest BCUT2D eigenvalue weighted by Gasteiger charge is -2.34. The fourth-order valence-electron chi connectivity index (χ4n) is 3.18. The number of hydrogen-bond acceptors (Lipinski definition) is 3. The fraction of sp³-hybridized carbons (Fsp3) is 0.444. The van der Waals surface area contributed by atoms with E-state index in [0.717, 1.165) is 30.6 Å². The van der Waals surface area contributed by atoms with E-state index in [1.54, 1.807) is 24.3 Å². The normalized spacial score (nSPS) is 19.1. The molecule has 6 nitrogen and oxygen atoms in total. The summed E-state index contributed by atoms with van der Waals surface area (Å²) in [6.45, 7) is 3.63. The van der Waals surface area contributed by atoms with Crippen LogP contribution in [0.15, 0.2) is 43.0 Å². The molecule has 1 aliphatic heterocycles. The first-order chi connectivity index (χ1) is 11.6. The SMILES string of the molecule is CC(O)C1CCCN(C(=O)NCc2ccccc2-n2ccnc2)C1. The molecule has 2 aromatic rings. The van der Waals surface area contributed by atoms with Crippen molar-refractivity contribution in [3.8, 4) is 5.69 Å². The second-order valence-corrected chi connectivity index (χ2v) is 6.35. The Morgan fingerprint density at radius 3 is 3.04 bits per heavy atom. The van der Waals surface area contributed by atoms with Crippen LogP contribution < -0.4 is 5.32 Å². The van der Waals surface area contributed by atoms with Crippen molar-refractivity contribution in [1.82, 2.24) is 19.8 Å². The molecule has 1 aliphatic rings. The molecule has 2 heterocycles. The van der Waals surface area contributed by atoms with Crippen LogP contribution in [-0.4, -0.2) is 44.8 Å². The Kier molecular flexibility index (Phi) is 5.15. The van der Waals surface area contributed by atoms with Crippen molar-refractivity contribution in [2.45, 2.75) is 32.4 Å². The molecule has 1 aromatic heterocycles. The number of hydrogen-bond donors (Lipinski definition) is 2. The van der Waals surface area contributed by atoms with Crippen LogP contribution in [-0.2, 0) is 6.54 Å². The smallest absolute Gasteiger partial charge is 0.317 e. The summed E-state index contributed by atoms with van der Waals surface area (Å²) in [4.78, 5) is 18.3. The molecule has 0 aliphatic carbocycles. The monoisotopic (exact) mass is 328 g/mol. The maximum absolute atomic E-state index is 12.5. The number of imidazole rings is 1. The van der Waals surface area contributed by atoms with Crippen LogP contribution in [0.25, 0.3) is 5.69 Å². The Bertz CT molecular complexity index is 669. The van der Waals surface area contributed by atoms with E-state index in [2.05, 4.69) is 10.3 Å². The van der Waals surface area contributed by atoms with E-state index in [4.69, 9.17) is 0 Å². The molecule has 24 heavy (non-hydrogen) atoms. The number of likely N-dealkylation sites (tertiary alicyclic amines) is 1. The minimum atomic E-state index is -0.373. The predicted molar refractivity (Wildman–Crippen MR) is 91.8 cm³/mol. The topological polar surface area (TPSA) is 70.4 Å². The van der Waals surface area contributed by atoms with Gasteiger partial charge in [-0.2, -0.15) is 0 Å². The molecule has 1 saturated heterocycles. The maximum Gasteiger partial charge on any atom is 0.317 e. The molecule has 0 saturated carbocycles. The Balaban J connectivity index is 1.63. The average Bonchev–Trinajstić information content (AvgIpc) is 3.14. The van der Waals surface area contributed by atoms with E-state index in [1.807, 2.05) is 35.0 Å². The van der Waals surface area contributed by atoms with Crippen molar-refractivity contribution in [2.75, 3.05) is 13.1 Å². The highest BCUT2D eigenvalue weighted by Crippen LogP contribution is 2.20. The molecule has 2 N–H and O–H groups in total. The first-order valence-corrected chi connectivity index (χ1v) is 8.42. The summed E-state index contributed by atoms with van der Waals surface area (Å²) in [6.07, 6.45) is 6.91. The molecule has 2 unspecified atom stereocenters. The van der Waals surface area contributed by atoms with Gasteiger partial charge < -0.3 is 19.9 Å². The second kappa shape index (κ2) is 7.49. The Labute approximate surface area is 142 Å². The van der Waals surface area contributed by atoms with Crippen LogP contribution in [0.4, 0.5) is 4.79 Å². The summed E-state index contributed by atoms with van der Waals surface area (Å²) in [6, 6.07) is 7.88. The zero-order valence-electron chi connectivity index (χ0n) is 13.9. The molecular formula is C18H24N4O2. The number of nitrogens with zero attached hydrogens (tertiary/aromatic N) is 3. The van der Waals surface area contributed by atoms with Crippen LogP contribution in [0.3, 0.4) is 0 Å². The zero-order chi connectivity index (χ0) is 16.9. The molecule has 2 amide bonds. The van der Waals surface area contributed by atoms with Crippen molar-refractivity contribution >= 4 is 6.03 Å². The molecule has 2 atom stereocenters. The minimum Gasteiger partial charge on any atom is -0.393 e. The third-order valence-corrected chi connectivity index (χ3v) is 4.63. The molecule has 0 radical (unpaired) electrons. The third kappa shape index (κ3) is 3.76. The lowest BCUT2D eigenvalue weighted by Crippen LogP contribution is -2.47. The van der Waals surface area contributed by atoms with Gasteiger partial charge in [0.15, 0.2) is 0 Å². The second-order valence-electron chi connectivity index (χ2n) is 6.35. The van der Waals surface area contributed by atoms with E-state index >= 15 is 0 Å². The highest BCUT2D eigenvalue weighted by atomic mass is 16.3. The number of aliphatic hydroxyl groups is 1. The summed E-state index contributed by atoms with van der Waals surface area (Å²) in [5.74, 6) is 0.169. The van der Waals surface area contributed by atoms with Crippen molar-refractivity contribution in [3.05, 3.63) is 48.5 Å². The van der Waals surface area contributed by atoms with Crippen LogP contribution >= 0.6 is 0 Å². The van der Waals surface area contributed by atoms with Crippen molar-refractivity contribution < 1.29 is 9.90 Å². The number of carbonyl (C=O) groups is 1. The van der Waals surface area contributed by atoms with Gasteiger partial charge in [0.1, 0.15) is 0 Å². The van der Waals surface area contributed by atoms with E-state index in [-0.39, 0.29) is 18.1 Å². The number of urea groups is 1. The van der Waals surface area contributed by atoms with Crippen LogP contribution in [0.5, 0.6) is 0 Å². The molecule has 128 valence electrons. The van der Waals surface area contributed by atoms with Crippen molar-refractivity contribution in [3.63, 3.8) is 0 Å². The Morgan fingerprint density at radius 1 is 1.46 bits per heavy atom. The van der Waals surface area contributed by atoms with Gasteiger partial charge in [-0.1, -0.05) is 18.2 Å². The molecular weight excluding hydrogens is 304 g/mol. The lowest BCUT2D eigenvalue weighted by atomic mass is 9.94. The van der Waals surface area contributed by atoms with Gasteiger partial charge in [0.25, 0.3) is 0 Å². The first kappa shape index (κ1) is 16.5. The number of para-hydroxylation sites is 1. The van der Waals surface area contributed by atoms with Crippen LogP contribution in [0.1, 0.15) is 25.3 Å². The molecule has 0 spiro atoms. The summed E-state index contributed by atoms with van der Waals surface area (Å²) >= 11 is 0. The molecule has 3 rings (SSSR count). The number of carbonyl (C=O) groups excluding carboxylic acids is 1. The van der Waals surface area contributed by atoms with Crippen molar-refractivity contribution in [2.24, 2.45) is 5.92 Å².